The first-order valence-electron chi connectivity index (χ1n) is 4.61. The van der Waals surface area contributed by atoms with E-state index in [2.05, 4.69) is 0 Å². The highest BCUT2D eigenvalue weighted by atomic mass is 35.5. The molecule has 14 heavy (non-hydrogen) atoms. The zero-order valence-corrected chi connectivity index (χ0v) is 8.67. The monoisotopic (exact) mass is 210 g/mol. The minimum atomic E-state index is -0.129. The maximum absolute atomic E-state index is 11.4. The van der Waals surface area contributed by atoms with Gasteiger partial charge in [0.15, 0.2) is 0 Å². The van der Waals surface area contributed by atoms with E-state index in [-0.39, 0.29) is 11.9 Å². The number of aryl methyl sites for hydroxylation is 1. The molecular weight excluding hydrogens is 200 g/mol. The molecule has 1 fully saturated rings. The molecule has 0 amide bonds. The fourth-order valence-electron chi connectivity index (χ4n) is 1.77. The molecule has 2 rings (SSSR count). The number of rotatable bonds is 1. The van der Waals surface area contributed by atoms with Gasteiger partial charge in [-0.2, -0.15) is 0 Å². The lowest BCUT2D eigenvalue weighted by molar-refractivity contribution is -0.139. The molecular formula is C11H11ClO2. The number of esters is 1. The molecule has 1 aromatic carbocycles. The van der Waals surface area contributed by atoms with Crippen LogP contribution in [0.4, 0.5) is 0 Å². The van der Waals surface area contributed by atoms with Crippen LogP contribution in [0, 0.1) is 6.92 Å². The predicted octanol–water partition coefficient (Wildman–Crippen LogP) is 2.68. The van der Waals surface area contributed by atoms with Crippen molar-refractivity contribution in [1.29, 1.82) is 0 Å². The van der Waals surface area contributed by atoms with E-state index in [9.17, 15) is 4.79 Å². The van der Waals surface area contributed by atoms with E-state index < -0.39 is 0 Å². The van der Waals surface area contributed by atoms with Crippen LogP contribution in [0.15, 0.2) is 18.2 Å². The average Bonchev–Trinajstić information content (AvgIpc) is 2.56. The van der Waals surface area contributed by atoms with E-state index in [0.717, 1.165) is 17.5 Å². The van der Waals surface area contributed by atoms with Crippen molar-refractivity contribution < 1.29 is 9.53 Å². The van der Waals surface area contributed by atoms with Gasteiger partial charge in [-0.1, -0.05) is 17.7 Å². The maximum Gasteiger partial charge on any atom is 0.313 e. The molecule has 1 aliphatic heterocycles. The van der Waals surface area contributed by atoms with E-state index in [4.69, 9.17) is 16.3 Å². The lowest BCUT2D eigenvalue weighted by Gasteiger charge is -2.09. The van der Waals surface area contributed by atoms with Crippen molar-refractivity contribution in [3.63, 3.8) is 0 Å². The third-order valence-corrected chi connectivity index (χ3v) is 2.79. The number of cyclic esters (lactones) is 1. The number of hydrogen-bond acceptors (Lipinski definition) is 2. The number of hydrogen-bond donors (Lipinski definition) is 0. The van der Waals surface area contributed by atoms with Crippen molar-refractivity contribution in [3.8, 4) is 0 Å². The Bertz CT molecular complexity index is 374. The number of carbonyl (C=O) groups is 1. The van der Waals surface area contributed by atoms with Crippen LogP contribution in [0.2, 0.25) is 5.02 Å². The molecule has 0 aromatic heterocycles. The molecule has 0 saturated carbocycles. The summed E-state index contributed by atoms with van der Waals surface area (Å²) in [6, 6.07) is 5.62. The Morgan fingerprint density at radius 1 is 1.50 bits per heavy atom. The van der Waals surface area contributed by atoms with E-state index >= 15 is 0 Å². The van der Waals surface area contributed by atoms with E-state index in [1.54, 1.807) is 0 Å². The van der Waals surface area contributed by atoms with Crippen molar-refractivity contribution in [2.75, 3.05) is 6.61 Å². The van der Waals surface area contributed by atoms with Gasteiger partial charge in [-0.25, -0.2) is 0 Å². The first-order chi connectivity index (χ1) is 6.68. The van der Waals surface area contributed by atoms with E-state index in [1.165, 1.54) is 0 Å². The molecule has 3 heteroatoms. The van der Waals surface area contributed by atoms with Gasteiger partial charge < -0.3 is 4.74 Å². The van der Waals surface area contributed by atoms with Gasteiger partial charge >= 0.3 is 5.97 Å². The highest BCUT2D eigenvalue weighted by Crippen LogP contribution is 2.30. The summed E-state index contributed by atoms with van der Waals surface area (Å²) < 4.78 is 4.93. The second-order valence-corrected chi connectivity index (χ2v) is 3.95. The summed E-state index contributed by atoms with van der Waals surface area (Å²) >= 11 is 5.89. The Labute approximate surface area is 87.8 Å². The molecule has 0 bridgehead atoms. The summed E-state index contributed by atoms with van der Waals surface area (Å²) in [6.45, 7) is 2.51. The van der Waals surface area contributed by atoms with Gasteiger partial charge in [0.05, 0.1) is 12.5 Å². The molecule has 1 atom stereocenters. The molecule has 0 N–H and O–H groups in total. The van der Waals surface area contributed by atoms with Crippen LogP contribution in [0.5, 0.6) is 0 Å². The zero-order valence-electron chi connectivity index (χ0n) is 7.92. The first kappa shape index (κ1) is 9.53. The van der Waals surface area contributed by atoms with Gasteiger partial charge in [-0.05, 0) is 36.6 Å². The van der Waals surface area contributed by atoms with Gasteiger partial charge in [0.2, 0.25) is 0 Å². The van der Waals surface area contributed by atoms with Crippen LogP contribution in [0.3, 0.4) is 0 Å². The summed E-state index contributed by atoms with van der Waals surface area (Å²) in [4.78, 5) is 11.4. The first-order valence-corrected chi connectivity index (χ1v) is 4.99. The minimum absolute atomic E-state index is 0.117. The highest BCUT2D eigenvalue weighted by molar-refractivity contribution is 6.30. The van der Waals surface area contributed by atoms with Gasteiger partial charge in [0.1, 0.15) is 0 Å². The van der Waals surface area contributed by atoms with Crippen molar-refractivity contribution in [2.45, 2.75) is 19.3 Å². The highest BCUT2D eigenvalue weighted by Gasteiger charge is 2.29. The third-order valence-electron chi connectivity index (χ3n) is 2.55. The molecule has 74 valence electrons. The summed E-state index contributed by atoms with van der Waals surface area (Å²) in [6.07, 6.45) is 0.764. The lowest BCUT2D eigenvalue weighted by Crippen LogP contribution is -2.07. The van der Waals surface area contributed by atoms with Crippen molar-refractivity contribution in [3.05, 3.63) is 34.3 Å². The quantitative estimate of drug-likeness (QED) is 0.667. The second kappa shape index (κ2) is 3.62. The Hall–Kier alpha value is -1.02. The Balaban J connectivity index is 2.39. The summed E-state index contributed by atoms with van der Waals surface area (Å²) in [7, 11) is 0. The van der Waals surface area contributed by atoms with E-state index in [1.807, 2.05) is 25.1 Å². The second-order valence-electron chi connectivity index (χ2n) is 3.51. The van der Waals surface area contributed by atoms with Crippen LogP contribution in [-0.4, -0.2) is 12.6 Å². The maximum atomic E-state index is 11.4. The van der Waals surface area contributed by atoms with Crippen LogP contribution >= 0.6 is 11.6 Å². The fraction of sp³-hybridized carbons (Fsp3) is 0.364. The van der Waals surface area contributed by atoms with Crippen molar-refractivity contribution >= 4 is 17.6 Å². The molecule has 1 unspecified atom stereocenters. The largest absolute Gasteiger partial charge is 0.465 e. The zero-order chi connectivity index (χ0) is 10.1. The lowest BCUT2D eigenvalue weighted by atomic mass is 9.94. The van der Waals surface area contributed by atoms with Gasteiger partial charge in [0, 0.05) is 5.02 Å². The fourth-order valence-corrected chi connectivity index (χ4v) is 1.95. The smallest absolute Gasteiger partial charge is 0.313 e. The summed E-state index contributed by atoms with van der Waals surface area (Å²) in [5.41, 5.74) is 2.10. The van der Waals surface area contributed by atoms with Crippen LogP contribution in [-0.2, 0) is 9.53 Å². The van der Waals surface area contributed by atoms with Crippen LogP contribution in [0.1, 0.15) is 23.5 Å². The molecule has 0 radical (unpaired) electrons. The Morgan fingerprint density at radius 3 is 2.93 bits per heavy atom. The Morgan fingerprint density at radius 2 is 2.29 bits per heavy atom. The number of halogens is 1. The average molecular weight is 211 g/mol. The number of benzene rings is 1. The molecule has 1 saturated heterocycles. The minimum Gasteiger partial charge on any atom is -0.465 e. The topological polar surface area (TPSA) is 26.3 Å². The normalized spacial score (nSPS) is 21.0. The third kappa shape index (κ3) is 1.62. The molecule has 1 aliphatic rings. The van der Waals surface area contributed by atoms with E-state index in [0.29, 0.717) is 11.6 Å². The molecule has 1 heterocycles. The van der Waals surface area contributed by atoms with Gasteiger partial charge in [-0.15, -0.1) is 0 Å². The standard InChI is InChI=1S/C11H11ClO2/c1-7-2-3-8(12)6-10(7)9-4-5-14-11(9)13/h2-3,6,9H,4-5H2,1H3. The molecule has 1 aromatic rings. The summed E-state index contributed by atoms with van der Waals surface area (Å²) in [5.74, 6) is -0.246. The molecule has 2 nitrogen and oxygen atoms in total. The number of carbonyl (C=O) groups excluding carboxylic acids is 1. The number of ether oxygens (including phenoxy) is 1. The van der Waals surface area contributed by atoms with Crippen molar-refractivity contribution in [2.24, 2.45) is 0 Å². The predicted molar refractivity (Wildman–Crippen MR) is 54.5 cm³/mol. The van der Waals surface area contributed by atoms with Gasteiger partial charge in [0.25, 0.3) is 0 Å². The molecule has 0 aliphatic carbocycles. The SMILES string of the molecule is Cc1ccc(Cl)cc1C1CCOC1=O. The summed E-state index contributed by atoms with van der Waals surface area (Å²) in [5, 5.41) is 0.672. The van der Waals surface area contributed by atoms with Crippen LogP contribution in [0.25, 0.3) is 0 Å². The Kier molecular flexibility index (Phi) is 2.46. The molecule has 0 spiro atoms. The van der Waals surface area contributed by atoms with Crippen molar-refractivity contribution in [1.82, 2.24) is 0 Å². The van der Waals surface area contributed by atoms with Gasteiger partial charge in [-0.3, -0.25) is 4.79 Å². The van der Waals surface area contributed by atoms with Crippen LogP contribution < -0.4 is 0 Å².